The van der Waals surface area contributed by atoms with E-state index in [1.54, 1.807) is 23.1 Å². The molecule has 0 spiro atoms. The molecule has 2 fully saturated rings. The smallest absolute Gasteiger partial charge is 0.229 e. The number of para-hydroxylation sites is 1. The summed E-state index contributed by atoms with van der Waals surface area (Å²) in [7, 11) is 0. The largest absolute Gasteiger partial charge is 0.355 e. The summed E-state index contributed by atoms with van der Waals surface area (Å²) < 4.78 is 14.0. The van der Waals surface area contributed by atoms with Crippen LogP contribution in [0.1, 0.15) is 12.0 Å². The minimum atomic E-state index is -0.621. The van der Waals surface area contributed by atoms with Crippen LogP contribution in [0, 0.1) is 17.2 Å². The van der Waals surface area contributed by atoms with Crippen LogP contribution >= 0.6 is 0 Å². The zero-order chi connectivity index (χ0) is 19.6. The van der Waals surface area contributed by atoms with Gasteiger partial charge in [-0.25, -0.2) is 4.39 Å². The van der Waals surface area contributed by atoms with Crippen molar-refractivity contribution in [3.63, 3.8) is 0 Å². The van der Waals surface area contributed by atoms with Crippen LogP contribution in [0.15, 0.2) is 54.6 Å². The molecule has 2 N–H and O–H groups in total. The molecule has 1 atom stereocenters. The molecule has 4 rings (SSSR count). The van der Waals surface area contributed by atoms with E-state index in [0.717, 1.165) is 5.69 Å². The third kappa shape index (κ3) is 3.64. The summed E-state index contributed by atoms with van der Waals surface area (Å²) in [5.41, 5.74) is 0.829. The van der Waals surface area contributed by atoms with Gasteiger partial charge in [0, 0.05) is 44.2 Å². The van der Waals surface area contributed by atoms with Crippen LogP contribution in [0.3, 0.4) is 0 Å². The van der Waals surface area contributed by atoms with Crippen molar-refractivity contribution >= 4 is 17.5 Å². The zero-order valence-electron chi connectivity index (χ0n) is 15.7. The van der Waals surface area contributed by atoms with Crippen molar-refractivity contribution in [2.24, 2.45) is 11.3 Å². The molecule has 0 saturated carbocycles. The average molecular weight is 381 g/mol. The van der Waals surface area contributed by atoms with Crippen LogP contribution in [0.4, 0.5) is 10.1 Å². The number of rotatable bonds is 6. The summed E-state index contributed by atoms with van der Waals surface area (Å²) >= 11 is 0. The first-order chi connectivity index (χ1) is 13.6. The van der Waals surface area contributed by atoms with Gasteiger partial charge in [0.2, 0.25) is 11.8 Å². The molecular formula is C22H24FN3O2. The standard InChI is InChI=1S/C22H24FN3O2/c23-19-9-5-4-6-17(19)11-22(14-24-15-22)21(28)25-12-16-10-20(27)26(13-16)18-7-2-1-3-8-18/h1-9,16,24H,10-15H2,(H,25,28). The molecule has 0 bridgehead atoms. The Labute approximate surface area is 163 Å². The molecule has 1 unspecified atom stereocenters. The number of nitrogens with zero attached hydrogens (tertiary/aromatic N) is 1. The molecule has 146 valence electrons. The third-order valence-corrected chi connectivity index (χ3v) is 5.72. The fraction of sp³-hybridized carbons (Fsp3) is 0.364. The van der Waals surface area contributed by atoms with Gasteiger partial charge in [-0.05, 0) is 30.2 Å². The van der Waals surface area contributed by atoms with E-state index < -0.39 is 5.41 Å². The predicted molar refractivity (Wildman–Crippen MR) is 105 cm³/mol. The maximum Gasteiger partial charge on any atom is 0.229 e. The molecule has 0 aliphatic carbocycles. The van der Waals surface area contributed by atoms with Gasteiger partial charge in [-0.1, -0.05) is 36.4 Å². The van der Waals surface area contributed by atoms with Crippen LogP contribution in [0.2, 0.25) is 0 Å². The summed E-state index contributed by atoms with van der Waals surface area (Å²) in [6, 6.07) is 16.2. The van der Waals surface area contributed by atoms with Crippen LogP contribution in [-0.4, -0.2) is 38.0 Å². The van der Waals surface area contributed by atoms with E-state index in [9.17, 15) is 14.0 Å². The van der Waals surface area contributed by atoms with Gasteiger partial charge >= 0.3 is 0 Å². The molecule has 0 aromatic heterocycles. The van der Waals surface area contributed by atoms with E-state index in [-0.39, 0.29) is 23.5 Å². The van der Waals surface area contributed by atoms with Crippen LogP contribution in [-0.2, 0) is 16.0 Å². The first kappa shape index (κ1) is 18.6. The second-order valence-corrected chi connectivity index (χ2v) is 7.77. The van der Waals surface area contributed by atoms with Gasteiger partial charge in [-0.2, -0.15) is 0 Å². The average Bonchev–Trinajstić information content (AvgIpc) is 3.05. The molecule has 2 aromatic rings. The van der Waals surface area contributed by atoms with E-state index >= 15 is 0 Å². The summed E-state index contributed by atoms with van der Waals surface area (Å²) in [6.45, 7) is 2.12. The lowest BCUT2D eigenvalue weighted by Gasteiger charge is -2.41. The number of halogens is 1. The van der Waals surface area contributed by atoms with Gasteiger partial charge in [0.05, 0.1) is 5.41 Å². The Hall–Kier alpha value is -2.73. The van der Waals surface area contributed by atoms with Crippen LogP contribution in [0.5, 0.6) is 0 Å². The predicted octanol–water partition coefficient (Wildman–Crippen LogP) is 2.13. The number of nitrogens with one attached hydrogen (secondary N) is 2. The number of anilines is 1. The van der Waals surface area contributed by atoms with Gasteiger partial charge in [0.25, 0.3) is 0 Å². The minimum Gasteiger partial charge on any atom is -0.355 e. The van der Waals surface area contributed by atoms with Crippen molar-refractivity contribution in [1.82, 2.24) is 10.6 Å². The quantitative estimate of drug-likeness (QED) is 0.806. The SMILES string of the molecule is O=C1CC(CNC(=O)C2(Cc3ccccc3F)CNC2)CN1c1ccccc1. The Morgan fingerprint density at radius 1 is 1.14 bits per heavy atom. The van der Waals surface area contributed by atoms with E-state index in [2.05, 4.69) is 10.6 Å². The van der Waals surface area contributed by atoms with Crippen molar-refractivity contribution in [1.29, 1.82) is 0 Å². The Balaban J connectivity index is 1.36. The molecule has 2 aromatic carbocycles. The molecule has 5 nitrogen and oxygen atoms in total. The normalized spacial score (nSPS) is 20.7. The Bertz CT molecular complexity index is 867. The van der Waals surface area contributed by atoms with Crippen molar-refractivity contribution in [3.05, 3.63) is 66.0 Å². The summed E-state index contributed by atoms with van der Waals surface area (Å²) in [4.78, 5) is 27.0. The second-order valence-electron chi connectivity index (χ2n) is 7.77. The monoisotopic (exact) mass is 381 g/mol. The molecule has 28 heavy (non-hydrogen) atoms. The topological polar surface area (TPSA) is 61.4 Å². The Kier molecular flexibility index (Phi) is 5.13. The molecule has 2 aliphatic rings. The van der Waals surface area contributed by atoms with E-state index in [0.29, 0.717) is 44.6 Å². The molecule has 2 aliphatic heterocycles. The fourth-order valence-electron chi connectivity index (χ4n) is 4.00. The highest BCUT2D eigenvalue weighted by Crippen LogP contribution is 2.30. The van der Waals surface area contributed by atoms with Gasteiger partial charge < -0.3 is 15.5 Å². The number of benzene rings is 2. The molecule has 0 radical (unpaired) electrons. The number of hydrogen-bond acceptors (Lipinski definition) is 3. The fourth-order valence-corrected chi connectivity index (χ4v) is 4.00. The molecule has 6 heteroatoms. The molecule has 2 heterocycles. The summed E-state index contributed by atoms with van der Waals surface area (Å²) in [6.07, 6.45) is 0.798. The summed E-state index contributed by atoms with van der Waals surface area (Å²) in [5.74, 6) is -0.186. The maximum absolute atomic E-state index is 14.0. The Morgan fingerprint density at radius 2 is 1.86 bits per heavy atom. The summed E-state index contributed by atoms with van der Waals surface area (Å²) in [5, 5.41) is 6.16. The number of carbonyl (C=O) groups is 2. The van der Waals surface area contributed by atoms with Gasteiger partial charge in [-0.15, -0.1) is 0 Å². The molecule has 2 saturated heterocycles. The highest BCUT2D eigenvalue weighted by Gasteiger charge is 2.45. The van der Waals surface area contributed by atoms with Crippen LogP contribution < -0.4 is 15.5 Å². The van der Waals surface area contributed by atoms with Crippen molar-refractivity contribution in [2.75, 3.05) is 31.1 Å². The van der Waals surface area contributed by atoms with Gasteiger partial charge in [-0.3, -0.25) is 9.59 Å². The highest BCUT2D eigenvalue weighted by atomic mass is 19.1. The van der Waals surface area contributed by atoms with Gasteiger partial charge in [0.1, 0.15) is 5.82 Å². The van der Waals surface area contributed by atoms with E-state index in [4.69, 9.17) is 0 Å². The lowest BCUT2D eigenvalue weighted by atomic mass is 9.75. The maximum atomic E-state index is 14.0. The zero-order valence-corrected chi connectivity index (χ0v) is 15.7. The lowest BCUT2D eigenvalue weighted by Crippen LogP contribution is -2.63. The van der Waals surface area contributed by atoms with Crippen molar-refractivity contribution in [3.8, 4) is 0 Å². The first-order valence-electron chi connectivity index (χ1n) is 9.65. The number of carbonyl (C=O) groups excluding carboxylic acids is 2. The van der Waals surface area contributed by atoms with Crippen LogP contribution in [0.25, 0.3) is 0 Å². The molecule has 2 amide bonds. The Morgan fingerprint density at radius 3 is 2.54 bits per heavy atom. The second kappa shape index (κ2) is 7.72. The lowest BCUT2D eigenvalue weighted by molar-refractivity contribution is -0.134. The third-order valence-electron chi connectivity index (χ3n) is 5.72. The minimum absolute atomic E-state index is 0.0693. The van der Waals surface area contributed by atoms with E-state index in [1.165, 1.54) is 6.07 Å². The van der Waals surface area contributed by atoms with E-state index in [1.807, 2.05) is 30.3 Å². The van der Waals surface area contributed by atoms with Gasteiger partial charge in [0.15, 0.2) is 0 Å². The number of hydrogen-bond donors (Lipinski definition) is 2. The highest BCUT2D eigenvalue weighted by molar-refractivity contribution is 5.95. The van der Waals surface area contributed by atoms with Crippen molar-refractivity contribution in [2.45, 2.75) is 12.8 Å². The molecular weight excluding hydrogens is 357 g/mol. The number of amides is 2. The van der Waals surface area contributed by atoms with Crippen molar-refractivity contribution < 1.29 is 14.0 Å². The first-order valence-corrected chi connectivity index (χ1v) is 9.65.